The van der Waals surface area contributed by atoms with Crippen LogP contribution in [0.4, 0.5) is 5.69 Å². The van der Waals surface area contributed by atoms with Crippen molar-refractivity contribution in [3.63, 3.8) is 0 Å². The number of rotatable bonds is 10. The number of likely N-dealkylation sites (N-methyl/N-ethyl adjacent to an activating group) is 1. The average molecular weight is 315 g/mol. The smallest absolute Gasteiger partial charge is 0.240 e. The van der Waals surface area contributed by atoms with E-state index in [0.29, 0.717) is 13.2 Å². The van der Waals surface area contributed by atoms with E-state index in [-0.39, 0.29) is 11.4 Å². The van der Waals surface area contributed by atoms with Crippen molar-refractivity contribution in [1.82, 2.24) is 9.62 Å². The Balaban J connectivity index is 2.39. The topological polar surface area (TPSA) is 70.7 Å². The molecule has 0 aliphatic rings. The van der Waals surface area contributed by atoms with Gasteiger partial charge in [-0.3, -0.25) is 0 Å². The van der Waals surface area contributed by atoms with Gasteiger partial charge in [-0.2, -0.15) is 0 Å². The van der Waals surface area contributed by atoms with Gasteiger partial charge in [-0.05, 0) is 45.3 Å². The van der Waals surface area contributed by atoms with Crippen LogP contribution in [0, 0.1) is 0 Å². The normalized spacial score (nSPS) is 11.8. The van der Waals surface area contributed by atoms with Crippen LogP contribution in [0.2, 0.25) is 0 Å². The van der Waals surface area contributed by atoms with Crippen molar-refractivity contribution in [2.24, 2.45) is 0 Å². The molecule has 6 nitrogen and oxygen atoms in total. The zero-order valence-corrected chi connectivity index (χ0v) is 13.7. The van der Waals surface area contributed by atoms with E-state index >= 15 is 0 Å². The summed E-state index contributed by atoms with van der Waals surface area (Å²) in [6, 6.07) is 6.69. The van der Waals surface area contributed by atoms with Crippen LogP contribution in [0.3, 0.4) is 0 Å². The summed E-state index contributed by atoms with van der Waals surface area (Å²) in [5, 5.41) is 3.12. The summed E-state index contributed by atoms with van der Waals surface area (Å²) in [6.07, 6.45) is 0. The number of benzene rings is 1. The molecule has 0 amide bonds. The molecule has 0 bridgehead atoms. The minimum atomic E-state index is -3.46. The molecule has 0 saturated heterocycles. The molecule has 0 aromatic heterocycles. The van der Waals surface area contributed by atoms with E-state index in [2.05, 4.69) is 10.0 Å². The standard InChI is InChI=1S/C14H25N3O3S/c1-4-15-13-5-7-14(8-6-13)21(18,19)16-9-11-20-12-10-17(2)3/h5-8,15-16H,4,9-12H2,1-3H3. The Hall–Kier alpha value is -1.15. The van der Waals surface area contributed by atoms with Crippen molar-refractivity contribution in [2.75, 3.05) is 52.3 Å². The second-order valence-corrected chi connectivity index (χ2v) is 6.64. The molecule has 21 heavy (non-hydrogen) atoms. The molecule has 0 spiro atoms. The van der Waals surface area contributed by atoms with E-state index in [0.717, 1.165) is 18.8 Å². The molecular formula is C14H25N3O3S. The van der Waals surface area contributed by atoms with Crippen molar-refractivity contribution in [3.05, 3.63) is 24.3 Å². The fraction of sp³-hybridized carbons (Fsp3) is 0.571. The SMILES string of the molecule is CCNc1ccc(S(=O)(=O)NCCOCCN(C)C)cc1. The summed E-state index contributed by atoms with van der Waals surface area (Å²) < 4.78 is 32.0. The predicted molar refractivity (Wildman–Crippen MR) is 85.2 cm³/mol. The first-order valence-corrected chi connectivity index (χ1v) is 8.50. The maximum Gasteiger partial charge on any atom is 0.240 e. The van der Waals surface area contributed by atoms with Crippen molar-refractivity contribution in [2.45, 2.75) is 11.8 Å². The Kier molecular flexibility index (Phi) is 7.66. The lowest BCUT2D eigenvalue weighted by atomic mass is 10.3. The number of nitrogens with zero attached hydrogens (tertiary/aromatic N) is 1. The summed E-state index contributed by atoms with van der Waals surface area (Å²) in [6.45, 7) is 4.83. The Morgan fingerprint density at radius 3 is 2.38 bits per heavy atom. The first kappa shape index (κ1) is 17.9. The van der Waals surface area contributed by atoms with Gasteiger partial charge in [0.25, 0.3) is 0 Å². The third-order valence-corrected chi connectivity index (χ3v) is 4.24. The Morgan fingerprint density at radius 1 is 1.14 bits per heavy atom. The molecule has 1 rings (SSSR count). The highest BCUT2D eigenvalue weighted by atomic mass is 32.2. The molecule has 120 valence electrons. The third-order valence-electron chi connectivity index (χ3n) is 2.77. The molecule has 0 aliphatic carbocycles. The number of sulfonamides is 1. The number of hydrogen-bond acceptors (Lipinski definition) is 5. The molecule has 7 heteroatoms. The second-order valence-electron chi connectivity index (χ2n) is 4.87. The first-order valence-electron chi connectivity index (χ1n) is 7.02. The highest BCUT2D eigenvalue weighted by Gasteiger charge is 2.12. The van der Waals surface area contributed by atoms with Crippen molar-refractivity contribution in [1.29, 1.82) is 0 Å². The molecule has 0 saturated carbocycles. The lowest BCUT2D eigenvalue weighted by molar-refractivity contribution is 0.122. The van der Waals surface area contributed by atoms with Crippen molar-refractivity contribution >= 4 is 15.7 Å². The number of ether oxygens (including phenoxy) is 1. The summed E-state index contributed by atoms with van der Waals surface area (Å²) in [7, 11) is 0.459. The van der Waals surface area contributed by atoms with E-state index in [1.54, 1.807) is 24.3 Å². The van der Waals surface area contributed by atoms with Crippen LogP contribution in [0.5, 0.6) is 0 Å². The van der Waals surface area contributed by atoms with E-state index in [9.17, 15) is 8.42 Å². The van der Waals surface area contributed by atoms with Crippen molar-refractivity contribution in [3.8, 4) is 0 Å². The van der Waals surface area contributed by atoms with Crippen LogP contribution in [0.25, 0.3) is 0 Å². The van der Waals surface area contributed by atoms with Gasteiger partial charge in [-0.25, -0.2) is 13.1 Å². The van der Waals surface area contributed by atoms with Gasteiger partial charge in [0.1, 0.15) is 0 Å². The van der Waals surface area contributed by atoms with E-state index in [1.165, 1.54) is 0 Å². The van der Waals surface area contributed by atoms with Crippen LogP contribution >= 0.6 is 0 Å². The van der Waals surface area contributed by atoms with E-state index in [1.807, 2.05) is 25.9 Å². The van der Waals surface area contributed by atoms with Gasteiger partial charge in [0.2, 0.25) is 10.0 Å². The van der Waals surface area contributed by atoms with Gasteiger partial charge in [-0.15, -0.1) is 0 Å². The van der Waals surface area contributed by atoms with Crippen LogP contribution in [-0.2, 0) is 14.8 Å². The molecular weight excluding hydrogens is 290 g/mol. The maximum absolute atomic E-state index is 12.0. The lowest BCUT2D eigenvalue weighted by Gasteiger charge is -2.11. The highest BCUT2D eigenvalue weighted by molar-refractivity contribution is 7.89. The fourth-order valence-electron chi connectivity index (χ4n) is 1.64. The number of hydrogen-bond donors (Lipinski definition) is 2. The Morgan fingerprint density at radius 2 is 1.81 bits per heavy atom. The summed E-state index contributed by atoms with van der Waals surface area (Å²) >= 11 is 0. The average Bonchev–Trinajstić information content (AvgIpc) is 2.43. The second kappa shape index (κ2) is 8.99. The monoisotopic (exact) mass is 315 g/mol. The summed E-state index contributed by atoms with van der Waals surface area (Å²) in [5.74, 6) is 0. The van der Waals surface area contributed by atoms with Crippen LogP contribution in [0.15, 0.2) is 29.2 Å². The maximum atomic E-state index is 12.0. The minimum Gasteiger partial charge on any atom is -0.385 e. The Bertz CT molecular complexity index is 501. The Labute approximate surface area is 127 Å². The number of nitrogens with one attached hydrogen (secondary N) is 2. The first-order chi connectivity index (χ1) is 9.95. The van der Waals surface area contributed by atoms with Crippen molar-refractivity contribution < 1.29 is 13.2 Å². The lowest BCUT2D eigenvalue weighted by Crippen LogP contribution is -2.28. The van der Waals surface area contributed by atoms with Gasteiger partial charge >= 0.3 is 0 Å². The predicted octanol–water partition coefficient (Wildman–Crippen LogP) is 0.975. The van der Waals surface area contributed by atoms with E-state index < -0.39 is 10.0 Å². The molecule has 0 fully saturated rings. The third kappa shape index (κ3) is 6.90. The largest absolute Gasteiger partial charge is 0.385 e. The van der Waals surface area contributed by atoms with Gasteiger partial charge in [-0.1, -0.05) is 0 Å². The zero-order chi connectivity index (χ0) is 15.7. The fourth-order valence-corrected chi connectivity index (χ4v) is 2.65. The highest BCUT2D eigenvalue weighted by Crippen LogP contribution is 2.13. The van der Waals surface area contributed by atoms with Crippen LogP contribution in [0.1, 0.15) is 6.92 Å². The molecule has 0 aliphatic heterocycles. The van der Waals surface area contributed by atoms with Crippen LogP contribution < -0.4 is 10.0 Å². The summed E-state index contributed by atoms with van der Waals surface area (Å²) in [4.78, 5) is 2.27. The summed E-state index contributed by atoms with van der Waals surface area (Å²) in [5.41, 5.74) is 0.906. The molecule has 0 atom stereocenters. The van der Waals surface area contributed by atoms with Gasteiger partial charge in [0.05, 0.1) is 18.1 Å². The number of anilines is 1. The quantitative estimate of drug-likeness (QED) is 0.630. The molecule has 0 unspecified atom stereocenters. The van der Waals surface area contributed by atoms with Gasteiger partial charge < -0.3 is 15.0 Å². The zero-order valence-electron chi connectivity index (χ0n) is 12.9. The van der Waals surface area contributed by atoms with Gasteiger partial charge in [0.15, 0.2) is 0 Å². The molecule has 1 aromatic rings. The molecule has 0 radical (unpaired) electrons. The minimum absolute atomic E-state index is 0.262. The van der Waals surface area contributed by atoms with E-state index in [4.69, 9.17) is 4.74 Å². The van der Waals surface area contributed by atoms with Gasteiger partial charge in [0, 0.05) is 25.3 Å². The molecule has 0 heterocycles. The molecule has 2 N–H and O–H groups in total. The molecule has 1 aromatic carbocycles. The van der Waals surface area contributed by atoms with Crippen LogP contribution in [-0.4, -0.2) is 60.3 Å².